The van der Waals surface area contributed by atoms with Crippen molar-refractivity contribution in [2.75, 3.05) is 32.0 Å². The van der Waals surface area contributed by atoms with Gasteiger partial charge in [-0.3, -0.25) is 4.99 Å². The number of nitrogens with zero attached hydrogens (tertiary/aromatic N) is 1. The number of thioether (sulfide) groups is 1. The Hall–Kier alpha value is -1.40. The second kappa shape index (κ2) is 9.92. The molecule has 1 aromatic rings. The molecule has 3 N–H and O–H groups in total. The highest BCUT2D eigenvalue weighted by molar-refractivity contribution is 8.00. The third-order valence-corrected chi connectivity index (χ3v) is 5.76. The lowest BCUT2D eigenvalue weighted by Gasteiger charge is -2.44. The van der Waals surface area contributed by atoms with Crippen molar-refractivity contribution in [3.8, 4) is 5.75 Å². The molecule has 5 nitrogen and oxygen atoms in total. The zero-order valence-electron chi connectivity index (χ0n) is 15.5. The molecule has 2 unspecified atom stereocenters. The van der Waals surface area contributed by atoms with Crippen LogP contribution in [-0.4, -0.2) is 53.9 Å². The molecule has 0 radical (unpaired) electrons. The first kappa shape index (κ1) is 19.9. The highest BCUT2D eigenvalue weighted by Gasteiger charge is 2.45. The minimum Gasteiger partial charge on any atom is -0.492 e. The van der Waals surface area contributed by atoms with Gasteiger partial charge in [0.05, 0.1) is 18.7 Å². The molecule has 2 rings (SSSR count). The van der Waals surface area contributed by atoms with E-state index >= 15 is 0 Å². The molecule has 25 heavy (non-hydrogen) atoms. The summed E-state index contributed by atoms with van der Waals surface area (Å²) >= 11 is 1.83. The lowest BCUT2D eigenvalue weighted by Crippen LogP contribution is -2.53. The first-order valence-electron chi connectivity index (χ1n) is 9.13. The predicted octanol–water partition coefficient (Wildman–Crippen LogP) is 2.58. The van der Waals surface area contributed by atoms with E-state index < -0.39 is 5.60 Å². The van der Waals surface area contributed by atoms with Crippen LogP contribution in [-0.2, 0) is 0 Å². The molecule has 1 aromatic carbocycles. The van der Waals surface area contributed by atoms with Crippen molar-refractivity contribution >= 4 is 17.7 Å². The first-order chi connectivity index (χ1) is 12.1. The quantitative estimate of drug-likeness (QED) is 0.357. The number of hydrogen-bond donors (Lipinski definition) is 3. The summed E-state index contributed by atoms with van der Waals surface area (Å²) in [5.74, 6) is 2.64. The van der Waals surface area contributed by atoms with Crippen molar-refractivity contribution < 1.29 is 9.84 Å². The van der Waals surface area contributed by atoms with E-state index in [0.717, 1.165) is 36.8 Å². The molecule has 2 atom stereocenters. The highest BCUT2D eigenvalue weighted by atomic mass is 32.2. The highest BCUT2D eigenvalue weighted by Crippen LogP contribution is 2.41. The SMILES string of the molecule is CCNC(=NCC1(O)CCC1SCC)NCCOc1ccc(C)cc1. The van der Waals surface area contributed by atoms with E-state index in [2.05, 4.69) is 29.5 Å². The van der Waals surface area contributed by atoms with Crippen LogP contribution < -0.4 is 15.4 Å². The van der Waals surface area contributed by atoms with Gasteiger partial charge in [0.25, 0.3) is 0 Å². The Morgan fingerprint density at radius 2 is 2.08 bits per heavy atom. The largest absolute Gasteiger partial charge is 0.492 e. The number of hydrogen-bond acceptors (Lipinski definition) is 4. The summed E-state index contributed by atoms with van der Waals surface area (Å²) < 4.78 is 5.72. The number of aryl methyl sites for hydroxylation is 1. The van der Waals surface area contributed by atoms with Gasteiger partial charge in [0.2, 0.25) is 0 Å². The fraction of sp³-hybridized carbons (Fsp3) is 0.632. The minimum absolute atomic E-state index is 0.314. The van der Waals surface area contributed by atoms with Crippen LogP contribution in [0.3, 0.4) is 0 Å². The molecule has 0 bridgehead atoms. The van der Waals surface area contributed by atoms with E-state index in [4.69, 9.17) is 4.74 Å². The van der Waals surface area contributed by atoms with Crippen molar-refractivity contribution in [1.82, 2.24) is 10.6 Å². The second-order valence-corrected chi connectivity index (χ2v) is 7.85. The summed E-state index contributed by atoms with van der Waals surface area (Å²) in [7, 11) is 0. The van der Waals surface area contributed by atoms with Crippen LogP contribution in [0, 0.1) is 6.92 Å². The van der Waals surface area contributed by atoms with E-state index in [-0.39, 0.29) is 0 Å². The third-order valence-electron chi connectivity index (χ3n) is 4.35. The van der Waals surface area contributed by atoms with Gasteiger partial charge in [-0.15, -0.1) is 0 Å². The summed E-state index contributed by atoms with van der Waals surface area (Å²) in [6.45, 7) is 8.68. The molecule has 1 aliphatic rings. The van der Waals surface area contributed by atoms with E-state index in [1.54, 1.807) is 0 Å². The van der Waals surface area contributed by atoms with Gasteiger partial charge in [-0.2, -0.15) is 11.8 Å². The summed E-state index contributed by atoms with van der Waals surface area (Å²) in [6.07, 6.45) is 1.92. The maximum atomic E-state index is 10.7. The van der Waals surface area contributed by atoms with E-state index in [9.17, 15) is 5.11 Å². The number of benzene rings is 1. The molecular formula is C19H31N3O2S. The predicted molar refractivity (Wildman–Crippen MR) is 107 cm³/mol. The van der Waals surface area contributed by atoms with Crippen molar-refractivity contribution in [3.63, 3.8) is 0 Å². The second-order valence-electron chi connectivity index (χ2n) is 6.37. The van der Waals surface area contributed by atoms with Crippen LogP contribution in [0.2, 0.25) is 0 Å². The molecule has 0 aromatic heterocycles. The van der Waals surface area contributed by atoms with E-state index in [1.165, 1.54) is 5.56 Å². The number of rotatable bonds is 9. The Morgan fingerprint density at radius 1 is 1.32 bits per heavy atom. The maximum Gasteiger partial charge on any atom is 0.191 e. The maximum absolute atomic E-state index is 10.7. The van der Waals surface area contributed by atoms with Crippen LogP contribution in [0.5, 0.6) is 5.75 Å². The zero-order chi connectivity index (χ0) is 18.1. The van der Waals surface area contributed by atoms with E-state index in [0.29, 0.717) is 24.9 Å². The molecule has 1 saturated carbocycles. The van der Waals surface area contributed by atoms with Crippen molar-refractivity contribution in [2.24, 2.45) is 4.99 Å². The van der Waals surface area contributed by atoms with Crippen molar-refractivity contribution in [2.45, 2.75) is 44.5 Å². The lowest BCUT2D eigenvalue weighted by molar-refractivity contribution is -0.0154. The first-order valence-corrected chi connectivity index (χ1v) is 10.2. The molecule has 0 aliphatic heterocycles. The average molecular weight is 366 g/mol. The fourth-order valence-electron chi connectivity index (χ4n) is 2.75. The van der Waals surface area contributed by atoms with Gasteiger partial charge in [-0.1, -0.05) is 24.6 Å². The molecule has 0 heterocycles. The molecule has 1 fully saturated rings. The summed E-state index contributed by atoms with van der Waals surface area (Å²) in [4.78, 5) is 4.57. The molecule has 0 amide bonds. The number of aliphatic imine (C=N–C) groups is 1. The van der Waals surface area contributed by atoms with Gasteiger partial charge in [0.15, 0.2) is 5.96 Å². The Balaban J connectivity index is 1.76. The topological polar surface area (TPSA) is 65.9 Å². The number of aliphatic hydroxyl groups is 1. The van der Waals surface area contributed by atoms with Gasteiger partial charge < -0.3 is 20.5 Å². The third kappa shape index (κ3) is 6.12. The van der Waals surface area contributed by atoms with E-state index in [1.807, 2.05) is 43.0 Å². The number of nitrogens with one attached hydrogen (secondary N) is 2. The normalized spacial score (nSPS) is 23.0. The summed E-state index contributed by atoms with van der Waals surface area (Å²) in [6, 6.07) is 8.04. The Morgan fingerprint density at radius 3 is 2.68 bits per heavy atom. The van der Waals surface area contributed by atoms with Gasteiger partial charge in [0.1, 0.15) is 12.4 Å². The van der Waals surface area contributed by atoms with Crippen molar-refractivity contribution in [3.05, 3.63) is 29.8 Å². The van der Waals surface area contributed by atoms with Gasteiger partial charge in [0, 0.05) is 11.8 Å². The number of guanidine groups is 1. The van der Waals surface area contributed by atoms with Crippen LogP contribution >= 0.6 is 11.8 Å². The van der Waals surface area contributed by atoms with Crippen LogP contribution in [0.15, 0.2) is 29.3 Å². The van der Waals surface area contributed by atoms with Gasteiger partial charge in [-0.05, 0) is 44.6 Å². The molecule has 0 spiro atoms. The summed E-state index contributed by atoms with van der Waals surface area (Å²) in [5, 5.41) is 17.5. The van der Waals surface area contributed by atoms with Gasteiger partial charge in [-0.25, -0.2) is 0 Å². The minimum atomic E-state index is -0.651. The monoisotopic (exact) mass is 365 g/mol. The molecular weight excluding hydrogens is 334 g/mol. The number of ether oxygens (including phenoxy) is 1. The molecule has 140 valence electrons. The van der Waals surface area contributed by atoms with Crippen LogP contribution in [0.4, 0.5) is 0 Å². The van der Waals surface area contributed by atoms with Gasteiger partial charge >= 0.3 is 0 Å². The Bertz CT molecular complexity index is 550. The smallest absolute Gasteiger partial charge is 0.191 e. The van der Waals surface area contributed by atoms with Crippen LogP contribution in [0.1, 0.15) is 32.3 Å². The summed E-state index contributed by atoms with van der Waals surface area (Å²) in [5.41, 5.74) is 0.571. The fourth-order valence-corrected chi connectivity index (χ4v) is 3.94. The Labute approximate surface area is 155 Å². The molecule has 1 aliphatic carbocycles. The lowest BCUT2D eigenvalue weighted by atomic mass is 9.79. The molecule has 6 heteroatoms. The average Bonchev–Trinajstić information content (AvgIpc) is 2.61. The van der Waals surface area contributed by atoms with Crippen LogP contribution in [0.25, 0.3) is 0 Å². The Kier molecular flexibility index (Phi) is 7.90. The van der Waals surface area contributed by atoms with Crippen molar-refractivity contribution in [1.29, 1.82) is 0 Å². The standard InChI is InChI=1S/C19H31N3O2S/c1-4-20-18(22-14-19(23)11-10-17(19)25-5-2)21-12-13-24-16-8-6-15(3)7-9-16/h6-9,17,23H,4-5,10-14H2,1-3H3,(H2,20,21,22). The zero-order valence-corrected chi connectivity index (χ0v) is 16.4. The molecule has 0 saturated heterocycles.